The number of hydrogen-bond donors (Lipinski definition) is 1. The average molecular weight is 288 g/mol. The van der Waals surface area contributed by atoms with E-state index in [0.29, 0.717) is 12.5 Å². The van der Waals surface area contributed by atoms with Gasteiger partial charge in [-0.05, 0) is 31.0 Å². The Balaban J connectivity index is 3.22. The van der Waals surface area contributed by atoms with E-state index in [1.54, 1.807) is 14.2 Å². The van der Waals surface area contributed by atoms with Gasteiger partial charge in [0.15, 0.2) is 11.5 Å². The molecule has 1 aromatic carbocycles. The van der Waals surface area contributed by atoms with Crippen LogP contribution in [0.5, 0.6) is 11.5 Å². The molecule has 0 aliphatic carbocycles. The normalized spacial score (nSPS) is 12.3. The highest BCUT2D eigenvalue weighted by atomic mass is 79.9. The van der Waals surface area contributed by atoms with E-state index in [-0.39, 0.29) is 0 Å². The molecule has 0 fully saturated rings. The van der Waals surface area contributed by atoms with Crippen LogP contribution in [0.4, 0.5) is 0 Å². The number of rotatable bonds is 5. The molecule has 0 spiro atoms. The molecule has 0 saturated heterocycles. The van der Waals surface area contributed by atoms with Gasteiger partial charge >= 0.3 is 0 Å². The molecule has 0 saturated carbocycles. The fourth-order valence-corrected chi connectivity index (χ4v) is 2.48. The molecule has 1 aromatic rings. The van der Waals surface area contributed by atoms with Crippen LogP contribution in [-0.4, -0.2) is 20.8 Å². The Labute approximate surface area is 105 Å². The minimum atomic E-state index is 0.337. The maximum Gasteiger partial charge on any atom is 0.165 e. The highest BCUT2D eigenvalue weighted by Crippen LogP contribution is 2.41. The molecule has 4 heteroatoms. The number of ether oxygens (including phenoxy) is 2. The standard InChI is InChI=1S/C12H18BrNO2/c1-8(6-7-14)11-9(13)4-5-10(15-2)12(11)16-3/h4-5,8H,6-7,14H2,1-3H3. The van der Waals surface area contributed by atoms with Crippen molar-refractivity contribution >= 4 is 15.9 Å². The second-order valence-corrected chi connectivity index (χ2v) is 4.53. The molecule has 1 atom stereocenters. The van der Waals surface area contributed by atoms with Crippen LogP contribution in [0.3, 0.4) is 0 Å². The van der Waals surface area contributed by atoms with Gasteiger partial charge in [0.1, 0.15) is 0 Å². The van der Waals surface area contributed by atoms with Crippen LogP contribution in [0.2, 0.25) is 0 Å². The van der Waals surface area contributed by atoms with Crippen LogP contribution in [0.1, 0.15) is 24.8 Å². The molecule has 0 amide bonds. The molecular formula is C12H18BrNO2. The van der Waals surface area contributed by atoms with E-state index < -0.39 is 0 Å². The summed E-state index contributed by atoms with van der Waals surface area (Å²) in [5, 5.41) is 0. The van der Waals surface area contributed by atoms with Gasteiger partial charge in [-0.3, -0.25) is 0 Å². The first-order valence-electron chi connectivity index (χ1n) is 5.26. The average Bonchev–Trinajstić information content (AvgIpc) is 2.28. The maximum atomic E-state index is 5.59. The third-order valence-corrected chi connectivity index (χ3v) is 3.31. The van der Waals surface area contributed by atoms with Crippen LogP contribution in [0, 0.1) is 0 Å². The summed E-state index contributed by atoms with van der Waals surface area (Å²) < 4.78 is 11.7. The van der Waals surface area contributed by atoms with Gasteiger partial charge in [-0.15, -0.1) is 0 Å². The van der Waals surface area contributed by atoms with Crippen molar-refractivity contribution in [2.24, 2.45) is 5.73 Å². The second kappa shape index (κ2) is 6.11. The molecule has 1 unspecified atom stereocenters. The Bertz CT molecular complexity index is 355. The Morgan fingerprint density at radius 1 is 1.31 bits per heavy atom. The summed E-state index contributed by atoms with van der Waals surface area (Å²) in [4.78, 5) is 0. The van der Waals surface area contributed by atoms with Gasteiger partial charge in [0.05, 0.1) is 14.2 Å². The number of nitrogens with two attached hydrogens (primary N) is 1. The van der Waals surface area contributed by atoms with E-state index in [9.17, 15) is 0 Å². The molecule has 1 rings (SSSR count). The maximum absolute atomic E-state index is 5.59. The molecule has 0 aliphatic rings. The largest absolute Gasteiger partial charge is 0.493 e. The number of methoxy groups -OCH3 is 2. The first-order chi connectivity index (χ1) is 7.65. The lowest BCUT2D eigenvalue weighted by Gasteiger charge is -2.19. The summed E-state index contributed by atoms with van der Waals surface area (Å²) in [5.74, 6) is 1.88. The molecule has 0 bridgehead atoms. The molecule has 2 N–H and O–H groups in total. The van der Waals surface area contributed by atoms with Crippen molar-refractivity contribution in [2.45, 2.75) is 19.3 Å². The lowest BCUT2D eigenvalue weighted by atomic mass is 9.96. The fourth-order valence-electron chi connectivity index (χ4n) is 1.78. The Hall–Kier alpha value is -0.740. The van der Waals surface area contributed by atoms with Gasteiger partial charge < -0.3 is 15.2 Å². The van der Waals surface area contributed by atoms with Gasteiger partial charge in [-0.1, -0.05) is 22.9 Å². The van der Waals surface area contributed by atoms with Crippen LogP contribution in [0.15, 0.2) is 16.6 Å². The highest BCUT2D eigenvalue weighted by Gasteiger charge is 2.18. The van der Waals surface area contributed by atoms with Crippen molar-refractivity contribution in [1.29, 1.82) is 0 Å². The van der Waals surface area contributed by atoms with Crippen molar-refractivity contribution in [2.75, 3.05) is 20.8 Å². The summed E-state index contributed by atoms with van der Waals surface area (Å²) in [7, 11) is 3.30. The van der Waals surface area contributed by atoms with Crippen LogP contribution in [0.25, 0.3) is 0 Å². The lowest BCUT2D eigenvalue weighted by molar-refractivity contribution is 0.349. The number of halogens is 1. The zero-order valence-electron chi connectivity index (χ0n) is 9.92. The molecule has 0 aliphatic heterocycles. The smallest absolute Gasteiger partial charge is 0.165 e. The van der Waals surface area contributed by atoms with Gasteiger partial charge in [-0.25, -0.2) is 0 Å². The van der Waals surface area contributed by atoms with Crippen molar-refractivity contribution in [3.8, 4) is 11.5 Å². The van der Waals surface area contributed by atoms with Crippen molar-refractivity contribution < 1.29 is 9.47 Å². The topological polar surface area (TPSA) is 44.5 Å². The SMILES string of the molecule is COc1ccc(Br)c(C(C)CCN)c1OC. The van der Waals surface area contributed by atoms with Crippen molar-refractivity contribution in [3.63, 3.8) is 0 Å². The van der Waals surface area contributed by atoms with E-state index in [1.165, 1.54) is 0 Å². The molecule has 90 valence electrons. The molecule has 16 heavy (non-hydrogen) atoms. The molecule has 0 radical (unpaired) electrons. The highest BCUT2D eigenvalue weighted by molar-refractivity contribution is 9.10. The third-order valence-electron chi connectivity index (χ3n) is 2.62. The molecule has 0 aromatic heterocycles. The Kier molecular flexibility index (Phi) is 5.09. The molecular weight excluding hydrogens is 270 g/mol. The van der Waals surface area contributed by atoms with Crippen LogP contribution < -0.4 is 15.2 Å². The predicted octanol–water partition coefficient (Wildman–Crippen LogP) is 2.92. The van der Waals surface area contributed by atoms with E-state index in [0.717, 1.165) is 28.0 Å². The van der Waals surface area contributed by atoms with Gasteiger partial charge in [-0.2, -0.15) is 0 Å². The first-order valence-corrected chi connectivity index (χ1v) is 6.05. The lowest BCUT2D eigenvalue weighted by Crippen LogP contribution is -2.07. The molecule has 0 heterocycles. The first kappa shape index (κ1) is 13.3. The minimum absolute atomic E-state index is 0.337. The van der Waals surface area contributed by atoms with Gasteiger partial charge in [0, 0.05) is 10.0 Å². The van der Waals surface area contributed by atoms with E-state index >= 15 is 0 Å². The monoisotopic (exact) mass is 287 g/mol. The van der Waals surface area contributed by atoms with E-state index in [1.807, 2.05) is 12.1 Å². The van der Waals surface area contributed by atoms with E-state index in [4.69, 9.17) is 15.2 Å². The van der Waals surface area contributed by atoms with Gasteiger partial charge in [0.2, 0.25) is 0 Å². The summed E-state index contributed by atoms with van der Waals surface area (Å²) in [6.45, 7) is 2.79. The zero-order valence-corrected chi connectivity index (χ0v) is 11.5. The summed E-state index contributed by atoms with van der Waals surface area (Å²) >= 11 is 3.55. The zero-order chi connectivity index (χ0) is 12.1. The summed E-state index contributed by atoms with van der Waals surface area (Å²) in [6.07, 6.45) is 0.919. The Morgan fingerprint density at radius 2 is 2.00 bits per heavy atom. The Morgan fingerprint density at radius 3 is 2.50 bits per heavy atom. The second-order valence-electron chi connectivity index (χ2n) is 3.67. The van der Waals surface area contributed by atoms with Crippen molar-refractivity contribution in [3.05, 3.63) is 22.2 Å². The quantitative estimate of drug-likeness (QED) is 0.906. The molecule has 3 nitrogen and oxygen atoms in total. The van der Waals surface area contributed by atoms with Gasteiger partial charge in [0.25, 0.3) is 0 Å². The number of hydrogen-bond acceptors (Lipinski definition) is 3. The van der Waals surface area contributed by atoms with Crippen LogP contribution in [-0.2, 0) is 0 Å². The third kappa shape index (κ3) is 2.68. The van der Waals surface area contributed by atoms with Crippen molar-refractivity contribution in [1.82, 2.24) is 0 Å². The fraction of sp³-hybridized carbons (Fsp3) is 0.500. The van der Waals surface area contributed by atoms with E-state index in [2.05, 4.69) is 22.9 Å². The predicted molar refractivity (Wildman–Crippen MR) is 69.3 cm³/mol. The summed E-state index contributed by atoms with van der Waals surface area (Å²) in [5.41, 5.74) is 6.71. The minimum Gasteiger partial charge on any atom is -0.493 e. The van der Waals surface area contributed by atoms with Crippen LogP contribution >= 0.6 is 15.9 Å². The summed E-state index contributed by atoms with van der Waals surface area (Å²) in [6, 6.07) is 3.87. The number of benzene rings is 1.